The van der Waals surface area contributed by atoms with Crippen molar-refractivity contribution in [3.05, 3.63) is 41.8 Å². The summed E-state index contributed by atoms with van der Waals surface area (Å²) in [5.41, 5.74) is 3.11. The molecule has 0 bridgehead atoms. The molecule has 1 aliphatic rings. The zero-order valence-corrected chi connectivity index (χ0v) is 16.9. The largest absolute Gasteiger partial charge is 0.444 e. The monoisotopic (exact) mass is 369 g/mol. The number of hydrogen-bond donors (Lipinski definition) is 1. The number of nitrogens with zero attached hydrogens (tertiary/aromatic N) is 4. The molecule has 2 aromatic rings. The first-order valence-electron chi connectivity index (χ1n) is 9.85. The number of aryl methyl sites for hydroxylation is 1. The third-order valence-corrected chi connectivity index (χ3v) is 5.28. The molecule has 1 fully saturated rings. The highest BCUT2D eigenvalue weighted by Gasteiger charge is 2.28. The van der Waals surface area contributed by atoms with Gasteiger partial charge >= 0.3 is 0 Å². The third kappa shape index (κ3) is 4.69. The molecule has 1 unspecified atom stereocenters. The van der Waals surface area contributed by atoms with Crippen LogP contribution in [0.25, 0.3) is 11.5 Å². The van der Waals surface area contributed by atoms with Crippen LogP contribution < -0.4 is 5.32 Å². The minimum Gasteiger partial charge on any atom is -0.444 e. The number of aliphatic imine (C=N–C) groups is 1. The van der Waals surface area contributed by atoms with Crippen LogP contribution in [0.2, 0.25) is 0 Å². The van der Waals surface area contributed by atoms with Gasteiger partial charge in [-0.05, 0) is 38.6 Å². The van der Waals surface area contributed by atoms with Gasteiger partial charge in [0.2, 0.25) is 5.89 Å². The fraction of sp³-hybridized carbons (Fsp3) is 0.524. The first kappa shape index (κ1) is 19.4. The van der Waals surface area contributed by atoms with Crippen molar-refractivity contribution >= 4 is 5.96 Å². The molecule has 0 amide bonds. The van der Waals surface area contributed by atoms with E-state index in [-0.39, 0.29) is 0 Å². The van der Waals surface area contributed by atoms with Crippen molar-refractivity contribution in [2.24, 2.45) is 4.99 Å². The van der Waals surface area contributed by atoms with Crippen LogP contribution in [0.1, 0.15) is 31.5 Å². The van der Waals surface area contributed by atoms with Crippen molar-refractivity contribution in [2.45, 2.75) is 39.8 Å². The van der Waals surface area contributed by atoms with Gasteiger partial charge in [-0.25, -0.2) is 4.98 Å². The van der Waals surface area contributed by atoms with Crippen LogP contribution in [0.3, 0.4) is 0 Å². The Morgan fingerprint density at radius 2 is 2.04 bits per heavy atom. The van der Waals surface area contributed by atoms with E-state index in [9.17, 15) is 0 Å². The molecule has 1 saturated heterocycles. The van der Waals surface area contributed by atoms with E-state index in [0.29, 0.717) is 18.5 Å². The minimum atomic E-state index is 0.606. The van der Waals surface area contributed by atoms with Crippen molar-refractivity contribution in [3.63, 3.8) is 0 Å². The lowest BCUT2D eigenvalue weighted by molar-refractivity contribution is 0.223. The Labute approximate surface area is 162 Å². The van der Waals surface area contributed by atoms with Crippen LogP contribution in [0.4, 0.5) is 0 Å². The van der Waals surface area contributed by atoms with Crippen LogP contribution in [0.5, 0.6) is 0 Å². The van der Waals surface area contributed by atoms with Crippen molar-refractivity contribution < 1.29 is 4.42 Å². The molecule has 146 valence electrons. The number of hydrogen-bond acceptors (Lipinski definition) is 4. The van der Waals surface area contributed by atoms with Crippen molar-refractivity contribution in [1.29, 1.82) is 0 Å². The molecule has 0 radical (unpaired) electrons. The zero-order chi connectivity index (χ0) is 19.2. The van der Waals surface area contributed by atoms with E-state index in [1.165, 1.54) is 12.0 Å². The highest BCUT2D eigenvalue weighted by molar-refractivity contribution is 5.80. The summed E-state index contributed by atoms with van der Waals surface area (Å²) in [6.45, 7) is 11.4. The van der Waals surface area contributed by atoms with E-state index >= 15 is 0 Å². The Balaban J connectivity index is 1.57. The Kier molecular flexibility index (Phi) is 6.50. The maximum absolute atomic E-state index is 5.65. The SMILES string of the molecule is CCN(CC)C1CCN(C(=NC)NCc2coc(-c3ccc(C)cc3)n2)C1. The number of nitrogens with one attached hydrogen (secondary N) is 1. The number of likely N-dealkylation sites (tertiary alicyclic amines) is 1. The predicted octanol–water partition coefficient (Wildman–Crippen LogP) is 3.14. The van der Waals surface area contributed by atoms with Crippen LogP contribution in [-0.2, 0) is 6.54 Å². The Morgan fingerprint density at radius 3 is 2.70 bits per heavy atom. The lowest BCUT2D eigenvalue weighted by atomic mass is 10.1. The van der Waals surface area contributed by atoms with Gasteiger partial charge in [0.25, 0.3) is 0 Å². The summed E-state index contributed by atoms with van der Waals surface area (Å²) in [5, 5.41) is 3.43. The molecule has 1 aromatic heterocycles. The topological polar surface area (TPSA) is 56.9 Å². The van der Waals surface area contributed by atoms with Gasteiger partial charge in [0.15, 0.2) is 5.96 Å². The van der Waals surface area contributed by atoms with Gasteiger partial charge in [-0.3, -0.25) is 9.89 Å². The number of benzene rings is 1. The van der Waals surface area contributed by atoms with Gasteiger partial charge in [-0.2, -0.15) is 0 Å². The highest BCUT2D eigenvalue weighted by Crippen LogP contribution is 2.19. The van der Waals surface area contributed by atoms with E-state index in [4.69, 9.17) is 4.42 Å². The second kappa shape index (κ2) is 9.04. The van der Waals surface area contributed by atoms with E-state index < -0.39 is 0 Å². The quantitative estimate of drug-likeness (QED) is 0.626. The predicted molar refractivity (Wildman–Crippen MR) is 110 cm³/mol. The van der Waals surface area contributed by atoms with Gasteiger partial charge in [0, 0.05) is 31.7 Å². The molecule has 2 heterocycles. The molecule has 1 N–H and O–H groups in total. The molecular formula is C21H31N5O. The lowest BCUT2D eigenvalue weighted by Crippen LogP contribution is -2.43. The molecule has 3 rings (SSSR count). The van der Waals surface area contributed by atoms with Crippen molar-refractivity contribution in [3.8, 4) is 11.5 Å². The molecule has 1 aromatic carbocycles. The van der Waals surface area contributed by atoms with Crippen LogP contribution in [-0.4, -0.2) is 60.0 Å². The van der Waals surface area contributed by atoms with E-state index in [1.54, 1.807) is 6.26 Å². The fourth-order valence-corrected chi connectivity index (χ4v) is 3.69. The molecule has 0 saturated carbocycles. The smallest absolute Gasteiger partial charge is 0.226 e. The number of guanidine groups is 1. The van der Waals surface area contributed by atoms with Gasteiger partial charge < -0.3 is 14.6 Å². The maximum Gasteiger partial charge on any atom is 0.226 e. The van der Waals surface area contributed by atoms with Gasteiger partial charge in [0.1, 0.15) is 6.26 Å². The van der Waals surface area contributed by atoms with Gasteiger partial charge in [0.05, 0.1) is 12.2 Å². The summed E-state index contributed by atoms with van der Waals surface area (Å²) in [7, 11) is 1.84. The molecule has 0 aliphatic carbocycles. The summed E-state index contributed by atoms with van der Waals surface area (Å²) in [6, 6.07) is 8.82. The number of likely N-dealkylation sites (N-methyl/N-ethyl adjacent to an activating group) is 1. The van der Waals surface area contributed by atoms with E-state index in [0.717, 1.165) is 43.4 Å². The summed E-state index contributed by atoms with van der Waals surface area (Å²) in [6.07, 6.45) is 2.90. The first-order chi connectivity index (χ1) is 13.1. The Morgan fingerprint density at radius 1 is 1.30 bits per heavy atom. The summed E-state index contributed by atoms with van der Waals surface area (Å²) >= 11 is 0. The van der Waals surface area contributed by atoms with Crippen molar-refractivity contribution in [1.82, 2.24) is 20.1 Å². The van der Waals surface area contributed by atoms with Crippen LogP contribution in [0.15, 0.2) is 39.9 Å². The molecule has 1 aliphatic heterocycles. The third-order valence-electron chi connectivity index (χ3n) is 5.28. The Hall–Kier alpha value is -2.34. The summed E-state index contributed by atoms with van der Waals surface area (Å²) < 4.78 is 5.65. The van der Waals surface area contributed by atoms with E-state index in [2.05, 4.69) is 58.0 Å². The highest BCUT2D eigenvalue weighted by atomic mass is 16.3. The zero-order valence-electron chi connectivity index (χ0n) is 16.9. The first-order valence-corrected chi connectivity index (χ1v) is 9.85. The minimum absolute atomic E-state index is 0.606. The summed E-state index contributed by atoms with van der Waals surface area (Å²) in [5.74, 6) is 1.59. The molecule has 6 nitrogen and oxygen atoms in total. The molecular weight excluding hydrogens is 338 g/mol. The normalized spacial score (nSPS) is 17.7. The molecule has 27 heavy (non-hydrogen) atoms. The molecule has 6 heteroatoms. The molecule has 1 atom stereocenters. The van der Waals surface area contributed by atoms with Crippen molar-refractivity contribution in [2.75, 3.05) is 33.2 Å². The number of rotatable bonds is 6. The number of oxazole rings is 1. The van der Waals surface area contributed by atoms with Crippen LogP contribution in [0, 0.1) is 6.92 Å². The average molecular weight is 370 g/mol. The number of aromatic nitrogens is 1. The van der Waals surface area contributed by atoms with Crippen LogP contribution >= 0.6 is 0 Å². The Bertz CT molecular complexity index is 748. The molecule has 0 spiro atoms. The standard InChI is InChI=1S/C21H31N5O/c1-5-25(6-2)19-11-12-26(14-19)21(22-4)23-13-18-15-27-20(24-18)17-9-7-16(3)8-10-17/h7-10,15,19H,5-6,11-14H2,1-4H3,(H,22,23). The van der Waals surface area contributed by atoms with E-state index in [1.807, 2.05) is 19.2 Å². The second-order valence-corrected chi connectivity index (χ2v) is 7.02. The average Bonchev–Trinajstić information content (AvgIpc) is 3.34. The maximum atomic E-state index is 5.65. The lowest BCUT2D eigenvalue weighted by Gasteiger charge is -2.27. The summed E-state index contributed by atoms with van der Waals surface area (Å²) in [4.78, 5) is 13.9. The second-order valence-electron chi connectivity index (χ2n) is 7.02. The van der Waals surface area contributed by atoms with Gasteiger partial charge in [-0.15, -0.1) is 0 Å². The fourth-order valence-electron chi connectivity index (χ4n) is 3.69. The van der Waals surface area contributed by atoms with Gasteiger partial charge in [-0.1, -0.05) is 31.5 Å².